The summed E-state index contributed by atoms with van der Waals surface area (Å²) in [5.74, 6) is 5.64. The predicted octanol–water partition coefficient (Wildman–Crippen LogP) is 1.14. The summed E-state index contributed by atoms with van der Waals surface area (Å²) < 4.78 is 12.8. The molecule has 0 spiro atoms. The Bertz CT molecular complexity index is 299. The summed E-state index contributed by atoms with van der Waals surface area (Å²) in [5.41, 5.74) is 3.54. The molecule has 1 unspecified atom stereocenters. The van der Waals surface area contributed by atoms with Crippen LogP contribution in [-0.4, -0.2) is 4.98 Å². The van der Waals surface area contributed by atoms with Crippen molar-refractivity contribution in [3.05, 3.63) is 29.8 Å². The third-order valence-corrected chi connectivity index (χ3v) is 2.36. The molecule has 1 atom stereocenters. The Balaban J connectivity index is 2.21. The van der Waals surface area contributed by atoms with Crippen LogP contribution < -0.4 is 11.3 Å². The second-order valence-electron chi connectivity index (χ2n) is 3.42. The largest absolute Gasteiger partial charge is 0.271 e. The van der Waals surface area contributed by atoms with E-state index in [0.717, 1.165) is 18.4 Å². The van der Waals surface area contributed by atoms with Crippen molar-refractivity contribution in [1.82, 2.24) is 10.4 Å². The second-order valence-corrected chi connectivity index (χ2v) is 3.42. The van der Waals surface area contributed by atoms with Crippen molar-refractivity contribution in [3.8, 4) is 0 Å². The summed E-state index contributed by atoms with van der Waals surface area (Å²) >= 11 is 0. The molecule has 0 amide bonds. The van der Waals surface area contributed by atoms with Gasteiger partial charge in [-0.15, -0.1) is 0 Å². The highest BCUT2D eigenvalue weighted by Gasteiger charge is 2.31. The molecule has 1 heterocycles. The number of pyridine rings is 1. The number of aromatic nitrogens is 1. The third-order valence-electron chi connectivity index (χ3n) is 2.36. The molecule has 1 aromatic heterocycles. The summed E-state index contributed by atoms with van der Waals surface area (Å²) in [6.07, 6.45) is 5.17. The molecule has 1 aromatic rings. The highest BCUT2D eigenvalue weighted by Crippen LogP contribution is 2.40. The standard InChI is InChI=1S/C9H12FN3/c10-8-3-7(4-12-5-8)9(13-11)6-1-2-6/h3-6,9,13H,1-2,11H2. The fourth-order valence-corrected chi connectivity index (χ4v) is 1.53. The molecule has 1 aliphatic rings. The van der Waals surface area contributed by atoms with Crippen molar-refractivity contribution in [2.45, 2.75) is 18.9 Å². The lowest BCUT2D eigenvalue weighted by molar-refractivity contribution is 0.490. The molecule has 4 heteroatoms. The monoisotopic (exact) mass is 181 g/mol. The maximum Gasteiger partial charge on any atom is 0.141 e. The molecule has 3 nitrogen and oxygen atoms in total. The van der Waals surface area contributed by atoms with Gasteiger partial charge in [0.15, 0.2) is 0 Å². The highest BCUT2D eigenvalue weighted by atomic mass is 19.1. The molecule has 2 rings (SSSR count). The fourth-order valence-electron chi connectivity index (χ4n) is 1.53. The molecule has 1 fully saturated rings. The zero-order valence-corrected chi connectivity index (χ0v) is 7.20. The molecule has 13 heavy (non-hydrogen) atoms. The Labute approximate surface area is 76.1 Å². The van der Waals surface area contributed by atoms with Crippen molar-refractivity contribution >= 4 is 0 Å². The summed E-state index contributed by atoms with van der Waals surface area (Å²) in [7, 11) is 0. The maximum atomic E-state index is 12.8. The van der Waals surface area contributed by atoms with Crippen molar-refractivity contribution in [2.75, 3.05) is 0 Å². The van der Waals surface area contributed by atoms with E-state index >= 15 is 0 Å². The second kappa shape index (κ2) is 3.40. The van der Waals surface area contributed by atoms with Gasteiger partial charge in [0.2, 0.25) is 0 Å². The number of halogens is 1. The van der Waals surface area contributed by atoms with Crippen LogP contribution in [0.1, 0.15) is 24.4 Å². The Morgan fingerprint density at radius 3 is 2.85 bits per heavy atom. The molecule has 0 radical (unpaired) electrons. The molecule has 0 saturated heterocycles. The molecule has 0 bridgehead atoms. The topological polar surface area (TPSA) is 50.9 Å². The normalized spacial score (nSPS) is 18.6. The molecule has 3 N–H and O–H groups in total. The highest BCUT2D eigenvalue weighted by molar-refractivity contribution is 5.17. The van der Waals surface area contributed by atoms with Gasteiger partial charge in [0.05, 0.1) is 12.2 Å². The fraction of sp³-hybridized carbons (Fsp3) is 0.444. The summed E-state index contributed by atoms with van der Waals surface area (Å²) in [5, 5.41) is 0. The SMILES string of the molecule is NNC(c1cncc(F)c1)C1CC1. The van der Waals surface area contributed by atoms with Gasteiger partial charge in [0.1, 0.15) is 5.82 Å². The minimum Gasteiger partial charge on any atom is -0.271 e. The zero-order chi connectivity index (χ0) is 9.26. The Kier molecular flexibility index (Phi) is 2.24. The van der Waals surface area contributed by atoms with Gasteiger partial charge in [0.25, 0.3) is 0 Å². The first-order valence-electron chi connectivity index (χ1n) is 4.38. The zero-order valence-electron chi connectivity index (χ0n) is 7.20. The minimum atomic E-state index is -0.307. The van der Waals surface area contributed by atoms with E-state index in [1.807, 2.05) is 0 Å². The van der Waals surface area contributed by atoms with E-state index in [0.29, 0.717) is 5.92 Å². The van der Waals surface area contributed by atoms with Crippen molar-refractivity contribution in [1.29, 1.82) is 0 Å². The van der Waals surface area contributed by atoms with Crippen LogP contribution in [0.5, 0.6) is 0 Å². The van der Waals surface area contributed by atoms with E-state index < -0.39 is 0 Å². The van der Waals surface area contributed by atoms with Crippen LogP contribution >= 0.6 is 0 Å². The molecule has 1 saturated carbocycles. The van der Waals surface area contributed by atoms with E-state index in [4.69, 9.17) is 5.84 Å². The average Bonchev–Trinajstić information content (AvgIpc) is 2.90. The van der Waals surface area contributed by atoms with Gasteiger partial charge in [-0.3, -0.25) is 16.3 Å². The van der Waals surface area contributed by atoms with E-state index in [9.17, 15) is 4.39 Å². The Hall–Kier alpha value is -1.00. The van der Waals surface area contributed by atoms with E-state index in [-0.39, 0.29) is 11.9 Å². The van der Waals surface area contributed by atoms with Crippen LogP contribution in [0, 0.1) is 11.7 Å². The molecular formula is C9H12FN3. The summed E-state index contributed by atoms with van der Waals surface area (Å²) in [4.78, 5) is 3.79. The first kappa shape index (κ1) is 8.59. The lowest BCUT2D eigenvalue weighted by atomic mass is 10.1. The number of rotatable bonds is 3. The summed E-state index contributed by atoms with van der Waals surface area (Å²) in [6, 6.07) is 1.54. The van der Waals surface area contributed by atoms with Crippen LogP contribution in [0.25, 0.3) is 0 Å². The number of hydrogen-bond acceptors (Lipinski definition) is 3. The van der Waals surface area contributed by atoms with Crippen LogP contribution in [0.2, 0.25) is 0 Å². The molecule has 70 valence electrons. The van der Waals surface area contributed by atoms with Gasteiger partial charge in [-0.05, 0) is 30.4 Å². The van der Waals surface area contributed by atoms with Gasteiger partial charge in [0, 0.05) is 6.20 Å². The molecular weight excluding hydrogens is 169 g/mol. The van der Waals surface area contributed by atoms with Crippen LogP contribution in [-0.2, 0) is 0 Å². The molecule has 0 aliphatic heterocycles. The number of nitrogens with two attached hydrogens (primary N) is 1. The first-order valence-corrected chi connectivity index (χ1v) is 4.38. The van der Waals surface area contributed by atoms with Gasteiger partial charge in [-0.1, -0.05) is 0 Å². The van der Waals surface area contributed by atoms with Crippen molar-refractivity contribution < 1.29 is 4.39 Å². The van der Waals surface area contributed by atoms with Crippen molar-refractivity contribution in [2.24, 2.45) is 11.8 Å². The number of nitrogens with one attached hydrogen (secondary N) is 1. The molecule has 1 aliphatic carbocycles. The number of hydrogen-bond donors (Lipinski definition) is 2. The van der Waals surface area contributed by atoms with Crippen LogP contribution in [0.4, 0.5) is 4.39 Å². The number of nitrogens with zero attached hydrogens (tertiary/aromatic N) is 1. The van der Waals surface area contributed by atoms with E-state index in [1.54, 1.807) is 6.20 Å². The van der Waals surface area contributed by atoms with E-state index in [2.05, 4.69) is 10.4 Å². The van der Waals surface area contributed by atoms with Gasteiger partial charge < -0.3 is 0 Å². The third kappa shape index (κ3) is 1.84. The van der Waals surface area contributed by atoms with Gasteiger partial charge in [-0.25, -0.2) is 4.39 Å². The van der Waals surface area contributed by atoms with Crippen LogP contribution in [0.3, 0.4) is 0 Å². The smallest absolute Gasteiger partial charge is 0.141 e. The average molecular weight is 181 g/mol. The lowest BCUT2D eigenvalue weighted by Gasteiger charge is -2.14. The Morgan fingerprint density at radius 2 is 2.31 bits per heavy atom. The minimum absolute atomic E-state index is 0.0585. The van der Waals surface area contributed by atoms with Gasteiger partial charge in [-0.2, -0.15) is 0 Å². The summed E-state index contributed by atoms with van der Waals surface area (Å²) in [6.45, 7) is 0. The maximum absolute atomic E-state index is 12.8. The number of hydrazine groups is 1. The predicted molar refractivity (Wildman–Crippen MR) is 47.0 cm³/mol. The van der Waals surface area contributed by atoms with Crippen LogP contribution in [0.15, 0.2) is 18.5 Å². The van der Waals surface area contributed by atoms with Crippen molar-refractivity contribution in [3.63, 3.8) is 0 Å². The molecule has 0 aromatic carbocycles. The Morgan fingerprint density at radius 1 is 1.54 bits per heavy atom. The van der Waals surface area contributed by atoms with E-state index in [1.165, 1.54) is 12.3 Å². The quantitative estimate of drug-likeness (QED) is 0.543. The van der Waals surface area contributed by atoms with Gasteiger partial charge >= 0.3 is 0 Å². The first-order chi connectivity index (χ1) is 6.31. The lowest BCUT2D eigenvalue weighted by Crippen LogP contribution is -2.29.